The molecule has 2 N–H and O–H groups in total. The van der Waals surface area contributed by atoms with Crippen LogP contribution >= 0.6 is 0 Å². The van der Waals surface area contributed by atoms with Crippen molar-refractivity contribution in [2.24, 2.45) is 5.92 Å². The minimum atomic E-state index is -1.18. The number of fused-ring (bicyclic) bond motifs is 1. The maximum Gasteiger partial charge on any atom is 0.405 e. The van der Waals surface area contributed by atoms with Gasteiger partial charge in [-0.05, 0) is 81.1 Å². The Morgan fingerprint density at radius 1 is 0.915 bits per heavy atom. The van der Waals surface area contributed by atoms with E-state index < -0.39 is 12.1 Å². The average Bonchev–Trinajstić information content (AvgIpc) is 3.47. The molecule has 1 unspecified atom stereocenters. The van der Waals surface area contributed by atoms with Crippen LogP contribution in [0.2, 0.25) is 0 Å². The Kier molecular flexibility index (Phi) is 10.4. The Bertz CT molecular complexity index is 1660. The number of aromatic nitrogens is 1. The zero-order valence-electron chi connectivity index (χ0n) is 27.0. The molecule has 10 heteroatoms. The Labute approximate surface area is 275 Å². The molecule has 2 saturated heterocycles. The fourth-order valence-corrected chi connectivity index (χ4v) is 7.08. The second-order valence-electron chi connectivity index (χ2n) is 12.5. The molecule has 0 aliphatic carbocycles. The highest BCUT2D eigenvalue weighted by Gasteiger charge is 2.36. The Morgan fingerprint density at radius 2 is 1.64 bits per heavy atom. The number of benzene rings is 3. The number of carbonyl (C=O) groups excluding carboxylic acids is 1. The van der Waals surface area contributed by atoms with Gasteiger partial charge in [-0.25, -0.2) is 9.18 Å². The minimum Gasteiger partial charge on any atom is -0.493 e. The maximum atomic E-state index is 14.6. The van der Waals surface area contributed by atoms with Gasteiger partial charge in [0.1, 0.15) is 17.6 Å². The van der Waals surface area contributed by atoms with E-state index >= 15 is 0 Å². The number of piperidine rings is 1. The van der Waals surface area contributed by atoms with Crippen molar-refractivity contribution in [2.45, 2.75) is 38.8 Å². The van der Waals surface area contributed by atoms with Crippen LogP contribution in [0.25, 0.3) is 16.6 Å². The standard InChI is InChI=1S/C37H44FN5O4/c1-2-47-34-14-8-12-32(38)31(34)26-41-21-23-42(24-22-41)36(44)35(39-37(45)46)27-15-18-40(19-16-27)20-17-28-25-43(29-9-4-3-5-10-29)33-13-7-6-11-30(28)33/h3-14,25,27,35,39H,2,15-24,26H2,1H3,(H,45,46). The monoisotopic (exact) mass is 641 g/mol. The number of ether oxygens (including phenoxy) is 1. The van der Waals surface area contributed by atoms with E-state index in [1.165, 1.54) is 22.5 Å². The molecule has 0 spiro atoms. The summed E-state index contributed by atoms with van der Waals surface area (Å²) in [5.41, 5.74) is 4.15. The number of halogens is 1. The Balaban J connectivity index is 1.03. The second kappa shape index (κ2) is 15.0. The third-order valence-corrected chi connectivity index (χ3v) is 9.62. The number of rotatable bonds is 11. The summed E-state index contributed by atoms with van der Waals surface area (Å²) < 4.78 is 22.5. The highest BCUT2D eigenvalue weighted by atomic mass is 19.1. The molecule has 3 aromatic carbocycles. The Morgan fingerprint density at radius 3 is 2.36 bits per heavy atom. The normalized spacial score (nSPS) is 17.1. The fourth-order valence-electron chi connectivity index (χ4n) is 7.08. The number of nitrogens with zero attached hydrogens (tertiary/aromatic N) is 4. The third-order valence-electron chi connectivity index (χ3n) is 9.62. The summed E-state index contributed by atoms with van der Waals surface area (Å²) in [4.78, 5) is 31.8. The number of likely N-dealkylation sites (tertiary alicyclic amines) is 1. The zero-order valence-corrected chi connectivity index (χ0v) is 27.0. The SMILES string of the molecule is CCOc1cccc(F)c1CN1CCN(C(=O)C(NC(=O)O)C2CCN(CCc3cn(-c4ccccc4)c4ccccc34)CC2)CC1. The van der Waals surface area contributed by atoms with Gasteiger partial charge < -0.3 is 29.5 Å². The van der Waals surface area contributed by atoms with Crippen molar-refractivity contribution >= 4 is 22.9 Å². The summed E-state index contributed by atoms with van der Waals surface area (Å²) in [5, 5.41) is 13.5. The molecule has 47 heavy (non-hydrogen) atoms. The largest absolute Gasteiger partial charge is 0.493 e. The summed E-state index contributed by atoms with van der Waals surface area (Å²) in [6.07, 6.45) is 3.46. The van der Waals surface area contributed by atoms with E-state index in [1.807, 2.05) is 13.0 Å². The van der Waals surface area contributed by atoms with Crippen LogP contribution in [0.1, 0.15) is 30.9 Å². The summed E-state index contributed by atoms with van der Waals surface area (Å²) >= 11 is 0. The van der Waals surface area contributed by atoms with Crippen LogP contribution < -0.4 is 10.1 Å². The molecule has 0 bridgehead atoms. The zero-order chi connectivity index (χ0) is 32.8. The molecule has 1 atom stereocenters. The van der Waals surface area contributed by atoms with Gasteiger partial charge in [-0.15, -0.1) is 0 Å². The van der Waals surface area contributed by atoms with Gasteiger partial charge in [-0.1, -0.05) is 42.5 Å². The number of carbonyl (C=O) groups is 2. The van der Waals surface area contributed by atoms with Gasteiger partial charge in [0.2, 0.25) is 5.91 Å². The predicted octanol–water partition coefficient (Wildman–Crippen LogP) is 5.40. The molecule has 3 heterocycles. The van der Waals surface area contributed by atoms with E-state index in [9.17, 15) is 19.1 Å². The fraction of sp³-hybridized carbons (Fsp3) is 0.405. The van der Waals surface area contributed by atoms with Crippen molar-refractivity contribution in [3.8, 4) is 11.4 Å². The van der Waals surface area contributed by atoms with E-state index in [0.29, 0.717) is 50.6 Å². The number of hydrogen-bond donors (Lipinski definition) is 2. The van der Waals surface area contributed by atoms with E-state index in [-0.39, 0.29) is 17.6 Å². The van der Waals surface area contributed by atoms with Crippen molar-refractivity contribution in [1.29, 1.82) is 0 Å². The lowest BCUT2D eigenvalue weighted by molar-refractivity contribution is -0.137. The molecule has 6 rings (SSSR count). The molecule has 248 valence electrons. The van der Waals surface area contributed by atoms with Crippen LogP contribution in [0.15, 0.2) is 79.0 Å². The van der Waals surface area contributed by atoms with Gasteiger partial charge in [-0.3, -0.25) is 9.69 Å². The summed E-state index contributed by atoms with van der Waals surface area (Å²) in [6.45, 7) is 7.32. The number of para-hydroxylation sites is 2. The van der Waals surface area contributed by atoms with Crippen LogP contribution in [0.5, 0.6) is 5.75 Å². The number of piperazine rings is 1. The number of amides is 2. The molecule has 2 fully saturated rings. The lowest BCUT2D eigenvalue weighted by Gasteiger charge is -2.40. The highest BCUT2D eigenvalue weighted by molar-refractivity contribution is 5.86. The van der Waals surface area contributed by atoms with Gasteiger partial charge in [0.25, 0.3) is 0 Å². The van der Waals surface area contributed by atoms with Crippen LogP contribution in [0, 0.1) is 11.7 Å². The molecule has 0 saturated carbocycles. The first-order valence-corrected chi connectivity index (χ1v) is 16.7. The van der Waals surface area contributed by atoms with Crippen molar-refractivity contribution in [3.05, 3.63) is 95.9 Å². The van der Waals surface area contributed by atoms with Crippen LogP contribution in [0.4, 0.5) is 9.18 Å². The molecule has 4 aromatic rings. The van der Waals surface area contributed by atoms with Gasteiger partial charge in [0, 0.05) is 62.1 Å². The van der Waals surface area contributed by atoms with E-state index in [0.717, 1.165) is 44.6 Å². The number of hydrogen-bond acceptors (Lipinski definition) is 5. The van der Waals surface area contributed by atoms with Gasteiger partial charge in [0.15, 0.2) is 0 Å². The lowest BCUT2D eigenvalue weighted by Crippen LogP contribution is -2.58. The van der Waals surface area contributed by atoms with E-state index in [2.05, 4.69) is 74.4 Å². The topological polar surface area (TPSA) is 90.3 Å². The highest BCUT2D eigenvalue weighted by Crippen LogP contribution is 2.28. The molecule has 2 aliphatic heterocycles. The van der Waals surface area contributed by atoms with Gasteiger partial charge >= 0.3 is 6.09 Å². The van der Waals surface area contributed by atoms with Gasteiger partial charge in [-0.2, -0.15) is 0 Å². The number of nitrogens with one attached hydrogen (secondary N) is 1. The molecule has 0 radical (unpaired) electrons. The summed E-state index contributed by atoms with van der Waals surface area (Å²) in [5.74, 6) is 0.00706. The first kappa shape index (κ1) is 32.5. The first-order valence-electron chi connectivity index (χ1n) is 16.7. The van der Waals surface area contributed by atoms with Gasteiger partial charge in [0.05, 0.1) is 12.1 Å². The second-order valence-corrected chi connectivity index (χ2v) is 12.5. The summed E-state index contributed by atoms with van der Waals surface area (Å²) in [7, 11) is 0. The first-order chi connectivity index (χ1) is 22.9. The average molecular weight is 642 g/mol. The molecule has 1 aromatic heterocycles. The minimum absolute atomic E-state index is 0.0694. The van der Waals surface area contributed by atoms with Crippen molar-refractivity contribution in [3.63, 3.8) is 0 Å². The quantitative estimate of drug-likeness (QED) is 0.228. The van der Waals surface area contributed by atoms with E-state index in [4.69, 9.17) is 4.74 Å². The maximum absolute atomic E-state index is 14.6. The van der Waals surface area contributed by atoms with Crippen molar-refractivity contribution in [1.82, 2.24) is 24.6 Å². The van der Waals surface area contributed by atoms with E-state index in [1.54, 1.807) is 17.0 Å². The molecule has 9 nitrogen and oxygen atoms in total. The lowest BCUT2D eigenvalue weighted by atomic mass is 9.88. The van der Waals surface area contributed by atoms with Crippen molar-refractivity contribution < 1.29 is 23.8 Å². The van der Waals surface area contributed by atoms with Crippen LogP contribution in [0.3, 0.4) is 0 Å². The van der Waals surface area contributed by atoms with Crippen LogP contribution in [-0.4, -0.2) is 94.8 Å². The Hall–Kier alpha value is -4.41. The van der Waals surface area contributed by atoms with Crippen LogP contribution in [-0.2, 0) is 17.8 Å². The smallest absolute Gasteiger partial charge is 0.405 e. The molecule has 2 aliphatic rings. The molecular formula is C37H44FN5O4. The third kappa shape index (κ3) is 7.60. The summed E-state index contributed by atoms with van der Waals surface area (Å²) in [6, 6.07) is 23.0. The molecule has 2 amide bonds. The number of carboxylic acid groups (broad SMARTS) is 1. The molecular weight excluding hydrogens is 597 g/mol. The van der Waals surface area contributed by atoms with Crippen molar-refractivity contribution in [2.75, 3.05) is 52.4 Å². The predicted molar refractivity (Wildman–Crippen MR) is 181 cm³/mol.